The van der Waals surface area contributed by atoms with Crippen molar-refractivity contribution in [1.82, 2.24) is 0 Å². The number of primary amides is 1. The third kappa shape index (κ3) is 4.40. The molecule has 0 bridgehead atoms. The van der Waals surface area contributed by atoms with E-state index in [1.807, 2.05) is 0 Å². The molecule has 0 aliphatic rings. The van der Waals surface area contributed by atoms with Gasteiger partial charge in [0.1, 0.15) is 5.75 Å². The Labute approximate surface area is 135 Å². The van der Waals surface area contributed by atoms with Gasteiger partial charge in [-0.2, -0.15) is 0 Å². The number of carbonyl (C=O) groups is 2. The first-order valence-corrected chi connectivity index (χ1v) is 6.71. The molecule has 2 amide bonds. The van der Waals surface area contributed by atoms with Crippen LogP contribution in [0.25, 0.3) is 0 Å². The van der Waals surface area contributed by atoms with Crippen LogP contribution in [0.4, 0.5) is 14.5 Å². The summed E-state index contributed by atoms with van der Waals surface area (Å²) < 4.78 is 31.2. The van der Waals surface area contributed by atoms with Crippen molar-refractivity contribution in [1.29, 1.82) is 0 Å². The van der Waals surface area contributed by atoms with Crippen LogP contribution in [-0.4, -0.2) is 18.4 Å². The van der Waals surface area contributed by atoms with Gasteiger partial charge in [-0.25, -0.2) is 8.78 Å². The Bertz CT molecular complexity index is 751. The lowest BCUT2D eigenvalue weighted by Crippen LogP contribution is -2.20. The van der Waals surface area contributed by atoms with Gasteiger partial charge < -0.3 is 15.8 Å². The van der Waals surface area contributed by atoms with Crippen molar-refractivity contribution >= 4 is 29.1 Å². The molecule has 0 radical (unpaired) electrons. The summed E-state index contributed by atoms with van der Waals surface area (Å²) in [7, 11) is 0. The van der Waals surface area contributed by atoms with Crippen LogP contribution in [0.3, 0.4) is 0 Å². The van der Waals surface area contributed by atoms with E-state index in [1.54, 1.807) is 0 Å². The summed E-state index contributed by atoms with van der Waals surface area (Å²) in [5, 5.41) is 2.27. The third-order valence-corrected chi connectivity index (χ3v) is 3.06. The predicted octanol–water partition coefficient (Wildman–Crippen LogP) is 2.73. The van der Waals surface area contributed by atoms with E-state index in [4.69, 9.17) is 22.1 Å². The highest BCUT2D eigenvalue weighted by molar-refractivity contribution is 6.34. The molecular formula is C15H11ClF2N2O3. The molecule has 2 rings (SSSR count). The van der Waals surface area contributed by atoms with Gasteiger partial charge in [-0.3, -0.25) is 9.59 Å². The molecule has 2 aromatic rings. The van der Waals surface area contributed by atoms with E-state index in [-0.39, 0.29) is 17.2 Å². The molecule has 0 saturated carbocycles. The zero-order chi connectivity index (χ0) is 17.0. The molecule has 2 aromatic carbocycles. The molecule has 0 saturated heterocycles. The summed E-state index contributed by atoms with van der Waals surface area (Å²) in [6.07, 6.45) is 0. The van der Waals surface area contributed by atoms with E-state index in [9.17, 15) is 18.4 Å². The zero-order valence-corrected chi connectivity index (χ0v) is 12.4. The van der Waals surface area contributed by atoms with Gasteiger partial charge in [0.05, 0.1) is 10.6 Å². The first kappa shape index (κ1) is 16.7. The van der Waals surface area contributed by atoms with Crippen molar-refractivity contribution < 1.29 is 23.1 Å². The number of benzene rings is 2. The highest BCUT2D eigenvalue weighted by Crippen LogP contribution is 2.22. The van der Waals surface area contributed by atoms with Gasteiger partial charge in [0.2, 0.25) is 0 Å². The second-order valence-corrected chi connectivity index (χ2v) is 4.89. The number of hydrogen-bond acceptors (Lipinski definition) is 3. The van der Waals surface area contributed by atoms with Crippen LogP contribution in [0, 0.1) is 11.6 Å². The molecule has 0 heterocycles. The van der Waals surface area contributed by atoms with Gasteiger partial charge in [0.15, 0.2) is 18.2 Å². The second-order valence-electron chi connectivity index (χ2n) is 4.48. The van der Waals surface area contributed by atoms with E-state index in [0.29, 0.717) is 11.4 Å². The summed E-state index contributed by atoms with van der Waals surface area (Å²) in [4.78, 5) is 22.6. The fraction of sp³-hybridized carbons (Fsp3) is 0.0667. The summed E-state index contributed by atoms with van der Waals surface area (Å²) in [6.45, 7) is -0.268. The van der Waals surface area contributed by atoms with Crippen LogP contribution < -0.4 is 15.8 Å². The Kier molecular flexibility index (Phi) is 5.13. The average molecular weight is 341 g/mol. The zero-order valence-electron chi connectivity index (χ0n) is 11.6. The lowest BCUT2D eigenvalue weighted by molar-refractivity contribution is -0.119. The number of nitrogens with one attached hydrogen (secondary N) is 1. The Morgan fingerprint density at radius 3 is 2.35 bits per heavy atom. The van der Waals surface area contributed by atoms with Gasteiger partial charge in [0, 0.05) is 5.69 Å². The van der Waals surface area contributed by atoms with Crippen LogP contribution in [0.2, 0.25) is 5.02 Å². The van der Waals surface area contributed by atoms with E-state index in [2.05, 4.69) is 5.32 Å². The molecule has 0 aliphatic heterocycles. The maximum Gasteiger partial charge on any atom is 0.257 e. The van der Waals surface area contributed by atoms with Crippen molar-refractivity contribution in [3.05, 3.63) is 58.6 Å². The van der Waals surface area contributed by atoms with Gasteiger partial charge in [-0.15, -0.1) is 0 Å². The van der Waals surface area contributed by atoms with Crippen LogP contribution in [-0.2, 0) is 4.79 Å². The topological polar surface area (TPSA) is 81.4 Å². The number of amides is 2. The minimum atomic E-state index is -1.17. The molecule has 0 fully saturated rings. The highest BCUT2D eigenvalue weighted by atomic mass is 35.5. The molecule has 8 heteroatoms. The molecule has 0 unspecified atom stereocenters. The number of halogens is 3. The SMILES string of the molecule is NC(=O)COc1ccc(NC(=O)c2cc(F)c(F)cc2Cl)cc1. The van der Waals surface area contributed by atoms with Gasteiger partial charge in [-0.1, -0.05) is 11.6 Å². The minimum absolute atomic E-state index is 0.195. The van der Waals surface area contributed by atoms with Crippen molar-refractivity contribution in [2.75, 3.05) is 11.9 Å². The van der Waals surface area contributed by atoms with Crippen molar-refractivity contribution in [2.45, 2.75) is 0 Å². The minimum Gasteiger partial charge on any atom is -0.484 e. The number of nitrogens with two attached hydrogens (primary N) is 1. The summed E-state index contributed by atoms with van der Waals surface area (Å²) >= 11 is 5.73. The van der Waals surface area contributed by atoms with E-state index in [0.717, 1.165) is 12.1 Å². The molecule has 0 atom stereocenters. The van der Waals surface area contributed by atoms with Crippen LogP contribution in [0.15, 0.2) is 36.4 Å². The standard InChI is InChI=1S/C15H11ClF2N2O3/c16-11-6-13(18)12(17)5-10(11)15(22)20-8-1-3-9(4-2-8)23-7-14(19)21/h1-6H,7H2,(H2,19,21)(H,20,22). The molecule has 5 nitrogen and oxygen atoms in total. The van der Waals surface area contributed by atoms with Gasteiger partial charge in [0.25, 0.3) is 11.8 Å². The quantitative estimate of drug-likeness (QED) is 0.821. The van der Waals surface area contributed by atoms with Crippen LogP contribution in [0.5, 0.6) is 5.75 Å². The first-order chi connectivity index (χ1) is 10.9. The number of ether oxygens (including phenoxy) is 1. The van der Waals surface area contributed by atoms with Crippen molar-refractivity contribution in [3.8, 4) is 5.75 Å². The second kappa shape index (κ2) is 7.06. The van der Waals surface area contributed by atoms with Gasteiger partial charge >= 0.3 is 0 Å². The van der Waals surface area contributed by atoms with E-state index < -0.39 is 23.4 Å². The number of rotatable bonds is 5. The summed E-state index contributed by atoms with van der Waals surface area (Å²) in [5.74, 6) is -3.24. The lowest BCUT2D eigenvalue weighted by atomic mass is 10.2. The normalized spacial score (nSPS) is 10.2. The Balaban J connectivity index is 2.08. The van der Waals surface area contributed by atoms with Crippen LogP contribution >= 0.6 is 11.6 Å². The highest BCUT2D eigenvalue weighted by Gasteiger charge is 2.15. The smallest absolute Gasteiger partial charge is 0.257 e. The first-order valence-electron chi connectivity index (χ1n) is 6.34. The molecule has 120 valence electrons. The Hall–Kier alpha value is -2.67. The van der Waals surface area contributed by atoms with Crippen molar-refractivity contribution in [2.24, 2.45) is 5.73 Å². The monoisotopic (exact) mass is 340 g/mol. The fourth-order valence-corrected chi connectivity index (χ4v) is 1.92. The molecule has 0 aromatic heterocycles. The molecule has 0 spiro atoms. The average Bonchev–Trinajstić information content (AvgIpc) is 2.50. The summed E-state index contributed by atoms with van der Waals surface area (Å²) in [5.41, 5.74) is 5.13. The Morgan fingerprint density at radius 2 is 1.74 bits per heavy atom. The fourth-order valence-electron chi connectivity index (χ4n) is 1.68. The van der Waals surface area contributed by atoms with E-state index >= 15 is 0 Å². The Morgan fingerprint density at radius 1 is 1.13 bits per heavy atom. The lowest BCUT2D eigenvalue weighted by Gasteiger charge is -2.09. The van der Waals surface area contributed by atoms with Gasteiger partial charge in [-0.05, 0) is 36.4 Å². The summed E-state index contributed by atoms with van der Waals surface area (Å²) in [6, 6.07) is 7.46. The van der Waals surface area contributed by atoms with E-state index in [1.165, 1.54) is 24.3 Å². The van der Waals surface area contributed by atoms with Crippen molar-refractivity contribution in [3.63, 3.8) is 0 Å². The maximum absolute atomic E-state index is 13.2. The molecule has 0 aliphatic carbocycles. The number of hydrogen-bond donors (Lipinski definition) is 2. The third-order valence-electron chi connectivity index (χ3n) is 2.75. The maximum atomic E-state index is 13.2. The molecule has 23 heavy (non-hydrogen) atoms. The number of anilines is 1. The van der Waals surface area contributed by atoms with Crippen LogP contribution in [0.1, 0.15) is 10.4 Å². The molecule has 3 N–H and O–H groups in total. The number of carbonyl (C=O) groups excluding carboxylic acids is 2. The predicted molar refractivity (Wildman–Crippen MR) is 80.5 cm³/mol. The molecular weight excluding hydrogens is 330 g/mol. The largest absolute Gasteiger partial charge is 0.484 e.